The summed E-state index contributed by atoms with van der Waals surface area (Å²) in [5.74, 6) is 0.336. The molecular formula is C49H61NO6Si. The minimum Gasteiger partial charge on any atom is -0.447 e. The van der Waals surface area contributed by atoms with Gasteiger partial charge >= 0.3 is 6.09 Å². The predicted molar refractivity (Wildman–Crippen MR) is 230 cm³/mol. The molecule has 0 aliphatic carbocycles. The predicted octanol–water partition coefficient (Wildman–Crippen LogP) is 9.57. The molecule has 2 saturated heterocycles. The van der Waals surface area contributed by atoms with Crippen LogP contribution in [0.2, 0.25) is 5.04 Å². The minimum absolute atomic E-state index is 0.0541. The van der Waals surface area contributed by atoms with Gasteiger partial charge in [0.15, 0.2) is 0 Å². The first-order chi connectivity index (χ1) is 27.8. The number of carbonyl (C=O) groups excluding carboxylic acids is 2. The van der Waals surface area contributed by atoms with Crippen molar-refractivity contribution in [1.82, 2.24) is 4.90 Å². The Bertz CT molecular complexity index is 1790. The molecule has 2 fully saturated rings. The summed E-state index contributed by atoms with van der Waals surface area (Å²) in [6.07, 6.45) is 10.9. The van der Waals surface area contributed by atoms with E-state index in [0.29, 0.717) is 45.1 Å². The molecule has 6 rings (SSSR count). The number of amides is 1. The third-order valence-corrected chi connectivity index (χ3v) is 16.5. The molecule has 302 valence electrons. The minimum atomic E-state index is -2.55. The molecule has 4 aromatic rings. The number of cyclic esters (lactones) is 1. The molecule has 2 aliphatic heterocycles. The number of nitrogens with zero attached hydrogens (tertiary/aromatic N) is 1. The van der Waals surface area contributed by atoms with Crippen LogP contribution in [0.15, 0.2) is 133 Å². The van der Waals surface area contributed by atoms with Gasteiger partial charge in [0.25, 0.3) is 8.32 Å². The van der Waals surface area contributed by atoms with E-state index < -0.39 is 8.32 Å². The highest BCUT2D eigenvalue weighted by Crippen LogP contribution is 2.38. The lowest BCUT2D eigenvalue weighted by Gasteiger charge is -2.43. The average Bonchev–Trinajstić information content (AvgIpc) is 3.75. The van der Waals surface area contributed by atoms with Gasteiger partial charge in [-0.05, 0) is 71.5 Å². The molecule has 0 unspecified atom stereocenters. The number of hydrogen-bond acceptors (Lipinski definition) is 6. The summed E-state index contributed by atoms with van der Waals surface area (Å²) in [7, 11) is -2.55. The van der Waals surface area contributed by atoms with Crippen molar-refractivity contribution in [3.05, 3.63) is 145 Å². The maximum atomic E-state index is 13.0. The summed E-state index contributed by atoms with van der Waals surface area (Å²) >= 11 is 0. The number of ketones is 1. The van der Waals surface area contributed by atoms with Crippen LogP contribution in [-0.4, -0.2) is 62.6 Å². The number of carbonyl (C=O) groups is 2. The molecule has 2 aliphatic rings. The van der Waals surface area contributed by atoms with E-state index in [1.807, 2.05) is 41.3 Å². The Morgan fingerprint density at radius 1 is 0.702 bits per heavy atom. The van der Waals surface area contributed by atoms with Gasteiger partial charge in [0.2, 0.25) is 0 Å². The van der Waals surface area contributed by atoms with Gasteiger partial charge in [0.1, 0.15) is 24.6 Å². The van der Waals surface area contributed by atoms with Gasteiger partial charge in [-0.15, -0.1) is 0 Å². The standard InChI is InChI=1S/C49H61NO6Si/c1-49(2,3)57(42-30-17-10-18-31-42,43-32-19-11-20-33-43)56-35-23-22-29-41(51)28-16-6-4-5-7-21-34-44-46(53-36-39-24-12-8-13-25-39)47(45-38-55-48(52)50(44)45)54-37-40-26-14-9-15-27-40/h5,7-15,17-20,24-27,30-33,44-47H,4,6,16,21-23,28-29,34-38H2,1-3H3/b7-5+/t44-,45-,46-,47-/m1/s1. The number of unbranched alkanes of at least 4 members (excludes halogenated alkanes) is 3. The lowest BCUT2D eigenvalue weighted by atomic mass is 10.0. The van der Waals surface area contributed by atoms with Gasteiger partial charge in [-0.1, -0.05) is 154 Å². The smallest absolute Gasteiger partial charge is 0.410 e. The van der Waals surface area contributed by atoms with Crippen LogP contribution in [0.1, 0.15) is 89.7 Å². The fourth-order valence-corrected chi connectivity index (χ4v) is 13.2. The van der Waals surface area contributed by atoms with E-state index in [2.05, 4.69) is 118 Å². The topological polar surface area (TPSA) is 74.3 Å². The van der Waals surface area contributed by atoms with Crippen LogP contribution in [-0.2, 0) is 36.6 Å². The van der Waals surface area contributed by atoms with Crippen molar-refractivity contribution >= 4 is 30.6 Å². The van der Waals surface area contributed by atoms with Crippen molar-refractivity contribution in [3.8, 4) is 0 Å². The van der Waals surface area contributed by atoms with Gasteiger partial charge in [0, 0.05) is 19.4 Å². The van der Waals surface area contributed by atoms with Crippen molar-refractivity contribution < 1.29 is 28.2 Å². The molecule has 0 aromatic heterocycles. The third kappa shape index (κ3) is 11.0. The zero-order valence-electron chi connectivity index (χ0n) is 34.1. The second-order valence-corrected chi connectivity index (χ2v) is 20.7. The van der Waals surface area contributed by atoms with Gasteiger partial charge in [0.05, 0.1) is 25.3 Å². The SMILES string of the molecule is CC(C)(C)[Si](OCCCCC(=O)CCCC/C=C/CC[C@@H]1[C@@H](OCc2ccccc2)[C@H](OCc2ccccc2)[C@H]2COC(=O)N12)(c1ccccc1)c1ccccc1. The second-order valence-electron chi connectivity index (χ2n) is 16.4. The van der Waals surface area contributed by atoms with E-state index in [4.69, 9.17) is 18.6 Å². The zero-order chi connectivity index (χ0) is 39.9. The molecule has 0 bridgehead atoms. The fourth-order valence-electron chi connectivity index (χ4n) is 8.55. The molecule has 2 heterocycles. The van der Waals surface area contributed by atoms with Crippen LogP contribution in [0.3, 0.4) is 0 Å². The maximum absolute atomic E-state index is 13.0. The van der Waals surface area contributed by atoms with Crippen LogP contribution in [0.4, 0.5) is 4.79 Å². The summed E-state index contributed by atoms with van der Waals surface area (Å²) in [5, 5.41) is 2.51. The molecule has 7 nitrogen and oxygen atoms in total. The number of benzene rings is 4. The number of ether oxygens (including phenoxy) is 3. The number of allylic oxidation sites excluding steroid dienone is 2. The Morgan fingerprint density at radius 2 is 1.21 bits per heavy atom. The first-order valence-corrected chi connectivity index (χ1v) is 22.9. The normalized spacial score (nSPS) is 19.6. The molecule has 57 heavy (non-hydrogen) atoms. The molecule has 4 atom stereocenters. The molecule has 0 N–H and O–H groups in total. The van der Waals surface area contributed by atoms with E-state index in [-0.39, 0.29) is 35.4 Å². The summed E-state index contributed by atoms with van der Waals surface area (Å²) in [6, 6.07) is 41.4. The number of rotatable bonds is 22. The van der Waals surface area contributed by atoms with Crippen molar-refractivity contribution in [2.75, 3.05) is 13.2 Å². The lowest BCUT2D eigenvalue weighted by Crippen LogP contribution is -2.66. The van der Waals surface area contributed by atoms with E-state index in [1.54, 1.807) is 0 Å². The summed E-state index contributed by atoms with van der Waals surface area (Å²) in [5.41, 5.74) is 2.17. The monoisotopic (exact) mass is 787 g/mol. The van der Waals surface area contributed by atoms with Crippen LogP contribution < -0.4 is 10.4 Å². The zero-order valence-corrected chi connectivity index (χ0v) is 35.1. The molecule has 0 spiro atoms. The average molecular weight is 788 g/mol. The summed E-state index contributed by atoms with van der Waals surface area (Å²) in [4.78, 5) is 27.7. The van der Waals surface area contributed by atoms with Crippen molar-refractivity contribution in [2.24, 2.45) is 0 Å². The number of Topliss-reactive ketones (excluding diaryl/α,β-unsaturated/α-hetero) is 1. The highest BCUT2D eigenvalue weighted by atomic mass is 28.4. The maximum Gasteiger partial charge on any atom is 0.410 e. The Balaban J connectivity index is 0.931. The van der Waals surface area contributed by atoms with Crippen molar-refractivity contribution in [3.63, 3.8) is 0 Å². The first kappa shape index (κ1) is 42.3. The van der Waals surface area contributed by atoms with Crippen LogP contribution in [0, 0.1) is 0 Å². The van der Waals surface area contributed by atoms with Crippen LogP contribution in [0.25, 0.3) is 0 Å². The van der Waals surface area contributed by atoms with Crippen molar-refractivity contribution in [1.29, 1.82) is 0 Å². The number of fused-ring (bicyclic) bond motifs is 1. The molecule has 8 heteroatoms. The van der Waals surface area contributed by atoms with Gasteiger partial charge in [-0.2, -0.15) is 0 Å². The van der Waals surface area contributed by atoms with Crippen LogP contribution in [0.5, 0.6) is 0 Å². The van der Waals surface area contributed by atoms with E-state index in [1.165, 1.54) is 10.4 Å². The Kier molecular flexibility index (Phi) is 15.5. The highest BCUT2D eigenvalue weighted by molar-refractivity contribution is 6.99. The first-order valence-electron chi connectivity index (χ1n) is 21.0. The van der Waals surface area contributed by atoms with Gasteiger partial charge < -0.3 is 18.6 Å². The molecule has 1 amide bonds. The highest BCUT2D eigenvalue weighted by Gasteiger charge is 2.56. The third-order valence-electron chi connectivity index (χ3n) is 11.4. The quantitative estimate of drug-likeness (QED) is 0.0449. The van der Waals surface area contributed by atoms with Gasteiger partial charge in [-0.25, -0.2) is 4.79 Å². The van der Waals surface area contributed by atoms with E-state index in [0.717, 1.165) is 56.1 Å². The van der Waals surface area contributed by atoms with E-state index in [9.17, 15) is 9.59 Å². The molecular weight excluding hydrogens is 727 g/mol. The van der Waals surface area contributed by atoms with Crippen LogP contribution >= 0.6 is 0 Å². The Morgan fingerprint density at radius 3 is 1.77 bits per heavy atom. The Hall–Kier alpha value is -4.34. The lowest BCUT2D eigenvalue weighted by molar-refractivity contribution is -0.119. The molecule has 0 radical (unpaired) electrons. The second kappa shape index (κ2) is 20.9. The summed E-state index contributed by atoms with van der Waals surface area (Å²) < 4.78 is 25.6. The summed E-state index contributed by atoms with van der Waals surface area (Å²) in [6.45, 7) is 8.74. The molecule has 4 aromatic carbocycles. The Labute approximate surface area is 341 Å². The number of hydrogen-bond donors (Lipinski definition) is 0. The molecule has 0 saturated carbocycles. The largest absolute Gasteiger partial charge is 0.447 e. The van der Waals surface area contributed by atoms with Crippen molar-refractivity contribution in [2.45, 2.75) is 121 Å². The van der Waals surface area contributed by atoms with Gasteiger partial charge in [-0.3, -0.25) is 9.69 Å². The van der Waals surface area contributed by atoms with E-state index >= 15 is 0 Å². The fraction of sp³-hybridized carbons (Fsp3) is 0.429.